The summed E-state index contributed by atoms with van der Waals surface area (Å²) in [4.78, 5) is 5.69. The lowest BCUT2D eigenvalue weighted by Gasteiger charge is -2.14. The van der Waals surface area contributed by atoms with Crippen molar-refractivity contribution in [1.82, 2.24) is 10.3 Å². The van der Waals surface area contributed by atoms with Gasteiger partial charge in [-0.25, -0.2) is 0 Å². The van der Waals surface area contributed by atoms with Crippen LogP contribution in [0.5, 0.6) is 0 Å². The van der Waals surface area contributed by atoms with Crippen LogP contribution in [0.15, 0.2) is 35.8 Å². The van der Waals surface area contributed by atoms with E-state index in [1.165, 1.54) is 15.1 Å². The van der Waals surface area contributed by atoms with Crippen molar-refractivity contribution in [1.29, 1.82) is 0 Å². The third-order valence-electron chi connectivity index (χ3n) is 2.82. The van der Waals surface area contributed by atoms with E-state index in [1.807, 2.05) is 25.4 Å². The summed E-state index contributed by atoms with van der Waals surface area (Å²) in [6.07, 6.45) is 1.93. The quantitative estimate of drug-likeness (QED) is 0.778. The fourth-order valence-electron chi connectivity index (χ4n) is 1.98. The summed E-state index contributed by atoms with van der Waals surface area (Å²) >= 11 is 9.32. The van der Waals surface area contributed by atoms with Crippen molar-refractivity contribution in [3.05, 3.63) is 50.6 Å². The van der Waals surface area contributed by atoms with Crippen LogP contribution >= 0.6 is 34.3 Å². The molecule has 3 heterocycles. The monoisotopic (exact) mass is 294 g/mol. The minimum absolute atomic E-state index is 0.154. The van der Waals surface area contributed by atoms with Crippen molar-refractivity contribution in [2.45, 2.75) is 6.04 Å². The highest BCUT2D eigenvalue weighted by Crippen LogP contribution is 2.32. The molecular formula is C13H11ClN2S2. The number of nitrogens with zero attached hydrogens (tertiary/aromatic N) is 1. The second-order valence-electron chi connectivity index (χ2n) is 3.94. The molecule has 0 spiro atoms. The molecule has 0 bridgehead atoms. The zero-order valence-corrected chi connectivity index (χ0v) is 12.1. The molecule has 2 nitrogen and oxygen atoms in total. The average Bonchev–Trinajstić information content (AvgIpc) is 2.99. The minimum atomic E-state index is 0.154. The van der Waals surface area contributed by atoms with E-state index in [0.29, 0.717) is 0 Å². The summed E-state index contributed by atoms with van der Waals surface area (Å²) in [7, 11) is 1.96. The Morgan fingerprint density at radius 1 is 1.33 bits per heavy atom. The molecule has 3 aromatic heterocycles. The molecule has 0 aliphatic carbocycles. The van der Waals surface area contributed by atoms with E-state index >= 15 is 0 Å². The van der Waals surface area contributed by atoms with E-state index in [2.05, 4.69) is 27.8 Å². The molecule has 1 unspecified atom stereocenters. The van der Waals surface area contributed by atoms with Crippen LogP contribution in [0.1, 0.15) is 16.5 Å². The van der Waals surface area contributed by atoms with Gasteiger partial charge in [-0.05, 0) is 42.3 Å². The standard InChI is InChI=1S/C13H11ClN2S2/c1-15-13(10-2-3-12(14)18-10)8-6-11-9(16-7-8)4-5-17-11/h2-7,13,15H,1H3. The van der Waals surface area contributed by atoms with Gasteiger partial charge in [0.1, 0.15) is 0 Å². The maximum atomic E-state index is 6.00. The van der Waals surface area contributed by atoms with E-state index in [4.69, 9.17) is 11.6 Å². The molecule has 0 radical (unpaired) electrons. The third-order valence-corrected chi connectivity index (χ3v) is 4.97. The van der Waals surface area contributed by atoms with Crippen LogP contribution in [0.25, 0.3) is 10.2 Å². The zero-order chi connectivity index (χ0) is 12.5. The van der Waals surface area contributed by atoms with Gasteiger partial charge in [0.15, 0.2) is 0 Å². The van der Waals surface area contributed by atoms with Crippen LogP contribution in [0.2, 0.25) is 4.34 Å². The summed E-state index contributed by atoms with van der Waals surface area (Å²) in [5.74, 6) is 0. The van der Waals surface area contributed by atoms with Crippen LogP contribution in [0.3, 0.4) is 0 Å². The number of nitrogens with one attached hydrogen (secondary N) is 1. The molecule has 1 N–H and O–H groups in total. The SMILES string of the molecule is CNC(c1cnc2ccsc2c1)c1ccc(Cl)s1. The number of fused-ring (bicyclic) bond motifs is 1. The fourth-order valence-corrected chi connectivity index (χ4v) is 3.96. The van der Waals surface area contributed by atoms with Gasteiger partial charge in [-0.3, -0.25) is 4.98 Å². The number of pyridine rings is 1. The molecular weight excluding hydrogens is 284 g/mol. The molecule has 0 fully saturated rings. The lowest BCUT2D eigenvalue weighted by atomic mass is 10.1. The first-order chi connectivity index (χ1) is 8.78. The molecule has 1 atom stereocenters. The second kappa shape index (κ2) is 4.97. The van der Waals surface area contributed by atoms with Crippen molar-refractivity contribution in [3.8, 4) is 0 Å². The zero-order valence-electron chi connectivity index (χ0n) is 9.68. The number of hydrogen-bond donors (Lipinski definition) is 1. The van der Waals surface area contributed by atoms with Crippen molar-refractivity contribution in [3.63, 3.8) is 0 Å². The van der Waals surface area contributed by atoms with Crippen molar-refractivity contribution >= 4 is 44.5 Å². The first-order valence-electron chi connectivity index (χ1n) is 5.53. The van der Waals surface area contributed by atoms with E-state index in [9.17, 15) is 0 Å². The highest BCUT2D eigenvalue weighted by atomic mass is 35.5. The Morgan fingerprint density at radius 3 is 2.94 bits per heavy atom. The van der Waals surface area contributed by atoms with Crippen molar-refractivity contribution in [2.24, 2.45) is 0 Å². The molecule has 5 heteroatoms. The molecule has 3 rings (SSSR count). The van der Waals surface area contributed by atoms with Crippen LogP contribution in [-0.2, 0) is 0 Å². The first-order valence-corrected chi connectivity index (χ1v) is 7.61. The lowest BCUT2D eigenvalue weighted by molar-refractivity contribution is 0.702. The maximum absolute atomic E-state index is 6.00. The average molecular weight is 295 g/mol. The Hall–Kier alpha value is -0.940. The molecule has 0 saturated carbocycles. The molecule has 0 aliphatic heterocycles. The predicted molar refractivity (Wildman–Crippen MR) is 79.9 cm³/mol. The number of hydrogen-bond acceptors (Lipinski definition) is 4. The van der Waals surface area contributed by atoms with Gasteiger partial charge < -0.3 is 5.32 Å². The third kappa shape index (κ3) is 2.17. The van der Waals surface area contributed by atoms with E-state index < -0.39 is 0 Å². The number of halogens is 1. The maximum Gasteiger partial charge on any atom is 0.0931 e. The van der Waals surface area contributed by atoms with E-state index in [0.717, 1.165) is 9.85 Å². The van der Waals surface area contributed by atoms with E-state index in [1.54, 1.807) is 22.7 Å². The van der Waals surface area contributed by atoms with Crippen molar-refractivity contribution < 1.29 is 0 Å². The van der Waals surface area contributed by atoms with Gasteiger partial charge in [0.25, 0.3) is 0 Å². The molecule has 3 aromatic rings. The minimum Gasteiger partial charge on any atom is -0.309 e. The largest absolute Gasteiger partial charge is 0.309 e. The number of aromatic nitrogens is 1. The summed E-state index contributed by atoms with van der Waals surface area (Å²) in [6, 6.07) is 8.39. The van der Waals surface area contributed by atoms with Crippen LogP contribution in [0.4, 0.5) is 0 Å². The van der Waals surface area contributed by atoms with Gasteiger partial charge in [-0.15, -0.1) is 22.7 Å². The Bertz CT molecular complexity index is 674. The molecule has 0 aromatic carbocycles. The van der Waals surface area contributed by atoms with Crippen LogP contribution in [0, 0.1) is 0 Å². The second-order valence-corrected chi connectivity index (χ2v) is 6.63. The molecule has 18 heavy (non-hydrogen) atoms. The van der Waals surface area contributed by atoms with Gasteiger partial charge >= 0.3 is 0 Å². The smallest absolute Gasteiger partial charge is 0.0931 e. The lowest BCUT2D eigenvalue weighted by Crippen LogP contribution is -2.16. The van der Waals surface area contributed by atoms with Gasteiger partial charge in [0.05, 0.1) is 20.6 Å². The Balaban J connectivity index is 2.04. The molecule has 0 amide bonds. The Morgan fingerprint density at radius 2 is 2.22 bits per heavy atom. The van der Waals surface area contributed by atoms with Gasteiger partial charge in [0.2, 0.25) is 0 Å². The van der Waals surface area contributed by atoms with Crippen molar-refractivity contribution in [2.75, 3.05) is 7.05 Å². The first kappa shape index (κ1) is 12.1. The summed E-state index contributed by atoms with van der Waals surface area (Å²) in [5.41, 5.74) is 2.23. The highest BCUT2D eigenvalue weighted by Gasteiger charge is 2.15. The highest BCUT2D eigenvalue weighted by molar-refractivity contribution is 7.17. The summed E-state index contributed by atoms with van der Waals surface area (Å²) in [6.45, 7) is 0. The number of thiophene rings is 2. The fraction of sp³-hybridized carbons (Fsp3) is 0.154. The molecule has 92 valence electrons. The molecule has 0 saturated heterocycles. The summed E-state index contributed by atoms with van der Waals surface area (Å²) < 4.78 is 2.03. The number of rotatable bonds is 3. The molecule has 0 aliphatic rings. The van der Waals surface area contributed by atoms with Gasteiger partial charge in [-0.1, -0.05) is 11.6 Å². The van der Waals surface area contributed by atoms with Crippen LogP contribution in [-0.4, -0.2) is 12.0 Å². The Labute approximate surface area is 118 Å². The Kier molecular flexibility index (Phi) is 3.35. The van der Waals surface area contributed by atoms with Gasteiger partial charge in [-0.2, -0.15) is 0 Å². The van der Waals surface area contributed by atoms with E-state index in [-0.39, 0.29) is 6.04 Å². The normalized spacial score (nSPS) is 13.0. The topological polar surface area (TPSA) is 24.9 Å². The van der Waals surface area contributed by atoms with Gasteiger partial charge in [0, 0.05) is 11.1 Å². The van der Waals surface area contributed by atoms with Crippen LogP contribution < -0.4 is 5.32 Å². The predicted octanol–water partition coefficient (Wildman–Crippen LogP) is 4.32. The summed E-state index contributed by atoms with van der Waals surface area (Å²) in [5, 5.41) is 5.39.